The van der Waals surface area contributed by atoms with E-state index >= 15 is 0 Å². The summed E-state index contributed by atoms with van der Waals surface area (Å²) in [5, 5.41) is 5.47. The van der Waals surface area contributed by atoms with Crippen LogP contribution in [0, 0.1) is 6.92 Å². The number of esters is 1. The van der Waals surface area contributed by atoms with Crippen molar-refractivity contribution < 1.29 is 23.9 Å². The molecule has 3 aromatic carbocycles. The molecule has 0 radical (unpaired) electrons. The monoisotopic (exact) mass is 432 g/mol. The standard InChI is InChI=1S/C25H24N2O5/c1-17-7-9-18(10-8-17)15-26-24(29)21-5-3-4-6-22(21)27-23(28)16-32-25(30)19-11-13-20(31-2)14-12-19/h3-14H,15-16H2,1-2H3,(H,26,29)(H,27,28). The summed E-state index contributed by atoms with van der Waals surface area (Å²) >= 11 is 0. The number of hydrogen-bond acceptors (Lipinski definition) is 5. The van der Waals surface area contributed by atoms with E-state index in [0.29, 0.717) is 29.1 Å². The smallest absolute Gasteiger partial charge is 0.338 e. The number of benzene rings is 3. The van der Waals surface area contributed by atoms with Gasteiger partial charge in [0.05, 0.1) is 23.9 Å². The Morgan fingerprint density at radius 3 is 2.25 bits per heavy atom. The number of para-hydroxylation sites is 1. The first-order chi connectivity index (χ1) is 15.5. The Hall–Kier alpha value is -4.13. The van der Waals surface area contributed by atoms with E-state index in [4.69, 9.17) is 9.47 Å². The highest BCUT2D eigenvalue weighted by Gasteiger charge is 2.15. The Morgan fingerprint density at radius 1 is 0.875 bits per heavy atom. The van der Waals surface area contributed by atoms with Gasteiger partial charge in [-0.1, -0.05) is 42.0 Å². The van der Waals surface area contributed by atoms with Crippen LogP contribution in [0.2, 0.25) is 0 Å². The number of hydrogen-bond donors (Lipinski definition) is 2. The molecule has 0 saturated heterocycles. The first-order valence-corrected chi connectivity index (χ1v) is 10.00. The maximum absolute atomic E-state index is 12.6. The van der Waals surface area contributed by atoms with Crippen molar-refractivity contribution in [2.45, 2.75) is 13.5 Å². The number of nitrogens with one attached hydrogen (secondary N) is 2. The van der Waals surface area contributed by atoms with Crippen molar-refractivity contribution in [3.63, 3.8) is 0 Å². The molecule has 2 amide bonds. The second-order valence-corrected chi connectivity index (χ2v) is 7.07. The number of rotatable bonds is 8. The summed E-state index contributed by atoms with van der Waals surface area (Å²) in [5.41, 5.74) is 3.06. The summed E-state index contributed by atoms with van der Waals surface area (Å²) in [6.07, 6.45) is 0. The van der Waals surface area contributed by atoms with Crippen LogP contribution >= 0.6 is 0 Å². The molecule has 2 N–H and O–H groups in total. The van der Waals surface area contributed by atoms with Crippen molar-refractivity contribution in [3.8, 4) is 5.75 Å². The van der Waals surface area contributed by atoms with Gasteiger partial charge in [-0.05, 0) is 48.9 Å². The van der Waals surface area contributed by atoms with Crippen LogP contribution in [-0.4, -0.2) is 31.5 Å². The van der Waals surface area contributed by atoms with Crippen LogP contribution in [0.25, 0.3) is 0 Å². The van der Waals surface area contributed by atoms with Gasteiger partial charge in [-0.15, -0.1) is 0 Å². The van der Waals surface area contributed by atoms with Gasteiger partial charge in [0.25, 0.3) is 11.8 Å². The second kappa shape index (κ2) is 10.8. The normalized spacial score (nSPS) is 10.2. The summed E-state index contributed by atoms with van der Waals surface area (Å²) in [5.74, 6) is -0.897. The number of methoxy groups -OCH3 is 1. The fraction of sp³-hybridized carbons (Fsp3) is 0.160. The Bertz CT molecular complexity index is 1090. The molecule has 0 atom stereocenters. The van der Waals surface area contributed by atoms with Gasteiger partial charge in [0.15, 0.2) is 6.61 Å². The molecule has 0 aliphatic heterocycles. The summed E-state index contributed by atoms with van der Waals surface area (Å²) < 4.78 is 10.1. The van der Waals surface area contributed by atoms with Gasteiger partial charge in [0.2, 0.25) is 0 Å². The van der Waals surface area contributed by atoms with Gasteiger partial charge in [0, 0.05) is 6.54 Å². The molecule has 0 saturated carbocycles. The molecule has 0 aliphatic carbocycles. The summed E-state index contributed by atoms with van der Waals surface area (Å²) in [7, 11) is 1.53. The van der Waals surface area contributed by atoms with E-state index in [1.807, 2.05) is 31.2 Å². The zero-order chi connectivity index (χ0) is 22.9. The first-order valence-electron chi connectivity index (χ1n) is 10.00. The second-order valence-electron chi connectivity index (χ2n) is 7.07. The molecule has 0 aliphatic rings. The third-order valence-corrected chi connectivity index (χ3v) is 4.68. The van der Waals surface area contributed by atoms with Crippen molar-refractivity contribution in [1.29, 1.82) is 0 Å². The molecule has 164 valence electrons. The summed E-state index contributed by atoms with van der Waals surface area (Å²) in [4.78, 5) is 37.0. The zero-order valence-corrected chi connectivity index (χ0v) is 17.9. The third kappa shape index (κ3) is 6.18. The molecule has 0 heterocycles. The molecule has 0 aromatic heterocycles. The quantitative estimate of drug-likeness (QED) is 0.529. The average Bonchev–Trinajstić information content (AvgIpc) is 2.82. The summed E-state index contributed by atoms with van der Waals surface area (Å²) in [6.45, 7) is 1.88. The molecule has 7 heteroatoms. The number of ether oxygens (including phenoxy) is 2. The van der Waals surface area contributed by atoms with E-state index in [2.05, 4.69) is 10.6 Å². The minimum Gasteiger partial charge on any atom is -0.497 e. The van der Waals surface area contributed by atoms with Gasteiger partial charge in [0.1, 0.15) is 5.75 Å². The van der Waals surface area contributed by atoms with E-state index in [1.54, 1.807) is 48.5 Å². The Labute approximate surface area is 186 Å². The average molecular weight is 432 g/mol. The maximum atomic E-state index is 12.6. The minimum absolute atomic E-state index is 0.300. The molecule has 7 nitrogen and oxygen atoms in total. The van der Waals surface area contributed by atoms with Gasteiger partial charge in [-0.3, -0.25) is 9.59 Å². The van der Waals surface area contributed by atoms with E-state index in [0.717, 1.165) is 11.1 Å². The molecule has 3 rings (SSSR count). The summed E-state index contributed by atoms with van der Waals surface area (Å²) in [6, 6.07) is 20.8. The Balaban J connectivity index is 1.56. The van der Waals surface area contributed by atoms with E-state index in [9.17, 15) is 14.4 Å². The Kier molecular flexibility index (Phi) is 7.59. The van der Waals surface area contributed by atoms with Crippen molar-refractivity contribution in [2.24, 2.45) is 0 Å². The van der Waals surface area contributed by atoms with Gasteiger partial charge in [-0.25, -0.2) is 4.79 Å². The predicted octanol–water partition coefficient (Wildman–Crippen LogP) is 3.73. The van der Waals surface area contributed by atoms with E-state index in [1.165, 1.54) is 7.11 Å². The van der Waals surface area contributed by atoms with Gasteiger partial charge in [-0.2, -0.15) is 0 Å². The highest BCUT2D eigenvalue weighted by Crippen LogP contribution is 2.16. The van der Waals surface area contributed by atoms with E-state index < -0.39 is 18.5 Å². The molecule has 3 aromatic rings. The third-order valence-electron chi connectivity index (χ3n) is 4.68. The highest BCUT2D eigenvalue weighted by atomic mass is 16.5. The fourth-order valence-electron chi connectivity index (χ4n) is 2.90. The minimum atomic E-state index is -0.632. The van der Waals surface area contributed by atoms with Crippen LogP contribution in [0.5, 0.6) is 5.75 Å². The topological polar surface area (TPSA) is 93.7 Å². The lowest BCUT2D eigenvalue weighted by Gasteiger charge is -2.12. The van der Waals surface area contributed by atoms with Crippen LogP contribution in [0.3, 0.4) is 0 Å². The number of carbonyl (C=O) groups excluding carboxylic acids is 3. The van der Waals surface area contributed by atoms with Crippen LogP contribution in [-0.2, 0) is 16.1 Å². The molecule has 0 spiro atoms. The van der Waals surface area contributed by atoms with Crippen molar-refractivity contribution >= 4 is 23.5 Å². The number of carbonyl (C=O) groups is 3. The van der Waals surface area contributed by atoms with E-state index in [-0.39, 0.29) is 5.91 Å². The fourth-order valence-corrected chi connectivity index (χ4v) is 2.90. The lowest BCUT2D eigenvalue weighted by atomic mass is 10.1. The highest BCUT2D eigenvalue weighted by molar-refractivity contribution is 6.04. The van der Waals surface area contributed by atoms with Crippen LogP contribution in [0.4, 0.5) is 5.69 Å². The number of amides is 2. The maximum Gasteiger partial charge on any atom is 0.338 e. The van der Waals surface area contributed by atoms with Crippen LogP contribution in [0.15, 0.2) is 72.8 Å². The molecule has 0 unspecified atom stereocenters. The molecule has 32 heavy (non-hydrogen) atoms. The lowest BCUT2D eigenvalue weighted by molar-refractivity contribution is -0.119. The van der Waals surface area contributed by atoms with Crippen LogP contribution in [0.1, 0.15) is 31.8 Å². The molecular formula is C25H24N2O5. The lowest BCUT2D eigenvalue weighted by Crippen LogP contribution is -2.26. The van der Waals surface area contributed by atoms with Crippen molar-refractivity contribution in [2.75, 3.05) is 19.0 Å². The van der Waals surface area contributed by atoms with Gasteiger partial charge < -0.3 is 20.1 Å². The largest absolute Gasteiger partial charge is 0.497 e. The number of aryl methyl sites for hydroxylation is 1. The molecule has 0 fully saturated rings. The molecular weight excluding hydrogens is 408 g/mol. The predicted molar refractivity (Wildman–Crippen MR) is 121 cm³/mol. The first kappa shape index (κ1) is 22.6. The van der Waals surface area contributed by atoms with Crippen LogP contribution < -0.4 is 15.4 Å². The SMILES string of the molecule is COc1ccc(C(=O)OCC(=O)Nc2ccccc2C(=O)NCc2ccc(C)cc2)cc1. The van der Waals surface area contributed by atoms with Crippen molar-refractivity contribution in [3.05, 3.63) is 95.1 Å². The Morgan fingerprint density at radius 2 is 1.56 bits per heavy atom. The molecule has 0 bridgehead atoms. The van der Waals surface area contributed by atoms with Gasteiger partial charge >= 0.3 is 5.97 Å². The van der Waals surface area contributed by atoms with Crippen molar-refractivity contribution in [1.82, 2.24) is 5.32 Å². The zero-order valence-electron chi connectivity index (χ0n) is 17.9. The number of anilines is 1.